The van der Waals surface area contributed by atoms with Crippen molar-refractivity contribution in [1.29, 1.82) is 0 Å². The van der Waals surface area contributed by atoms with E-state index in [4.69, 9.17) is 9.47 Å². The van der Waals surface area contributed by atoms with Crippen LogP contribution in [0.25, 0.3) is 11.1 Å². The van der Waals surface area contributed by atoms with Crippen LogP contribution in [0.1, 0.15) is 5.56 Å². The summed E-state index contributed by atoms with van der Waals surface area (Å²) < 4.78 is 25.8. The Balaban J connectivity index is 1.36. The first-order valence-electron chi connectivity index (χ1n) is 8.25. The van der Waals surface area contributed by atoms with Crippen LogP contribution in [0.15, 0.2) is 48.8 Å². The van der Waals surface area contributed by atoms with Crippen molar-refractivity contribution in [2.75, 3.05) is 6.61 Å². The molecule has 1 atom stereocenters. The highest BCUT2D eigenvalue weighted by molar-refractivity contribution is 5.62. The highest BCUT2D eigenvalue weighted by Gasteiger charge is 2.28. The number of hydrogen-bond acceptors (Lipinski definition) is 6. The van der Waals surface area contributed by atoms with E-state index in [2.05, 4.69) is 9.97 Å². The maximum atomic E-state index is 12.9. The summed E-state index contributed by atoms with van der Waals surface area (Å²) in [5.74, 6) is -0.749. The van der Waals surface area contributed by atoms with Gasteiger partial charge >= 0.3 is 11.8 Å². The second-order valence-electron chi connectivity index (χ2n) is 6.10. The first kappa shape index (κ1) is 17.1. The van der Waals surface area contributed by atoms with Gasteiger partial charge in [-0.2, -0.15) is 4.39 Å². The summed E-state index contributed by atoms with van der Waals surface area (Å²) in [5.41, 5.74) is 2.73. The van der Waals surface area contributed by atoms with E-state index in [0.29, 0.717) is 13.2 Å². The molecule has 1 aliphatic heterocycles. The number of nitrogens with zero attached hydrogens (tertiary/aromatic N) is 4. The fraction of sp³-hybridized carbons (Fsp3) is 0.222. The van der Waals surface area contributed by atoms with Crippen molar-refractivity contribution in [2.45, 2.75) is 19.3 Å². The summed E-state index contributed by atoms with van der Waals surface area (Å²) >= 11 is 0. The number of ether oxygens (including phenoxy) is 2. The molecular formula is C18H15FN4O4. The molecule has 8 nitrogen and oxygen atoms in total. The Kier molecular flexibility index (Phi) is 4.51. The van der Waals surface area contributed by atoms with Crippen LogP contribution < -0.4 is 4.74 Å². The zero-order valence-electron chi connectivity index (χ0n) is 14.1. The van der Waals surface area contributed by atoms with Crippen molar-refractivity contribution in [1.82, 2.24) is 14.5 Å². The Morgan fingerprint density at radius 1 is 1.26 bits per heavy atom. The summed E-state index contributed by atoms with van der Waals surface area (Å²) in [6.07, 6.45) is 2.60. The molecule has 0 aliphatic carbocycles. The molecular weight excluding hydrogens is 355 g/mol. The molecule has 4 rings (SSSR count). The number of nitro groups is 1. The van der Waals surface area contributed by atoms with Crippen LogP contribution in [0.3, 0.4) is 0 Å². The Morgan fingerprint density at radius 3 is 2.74 bits per heavy atom. The van der Waals surface area contributed by atoms with Crippen LogP contribution in [-0.4, -0.2) is 32.2 Å². The molecule has 0 fully saturated rings. The Morgan fingerprint density at radius 2 is 2.04 bits per heavy atom. The van der Waals surface area contributed by atoms with Gasteiger partial charge in [0.25, 0.3) is 0 Å². The van der Waals surface area contributed by atoms with Gasteiger partial charge in [0.2, 0.25) is 5.95 Å². The van der Waals surface area contributed by atoms with Gasteiger partial charge in [0.1, 0.15) is 18.9 Å². The van der Waals surface area contributed by atoms with E-state index in [1.54, 1.807) is 10.6 Å². The maximum absolute atomic E-state index is 12.9. The molecule has 3 heterocycles. The number of aromatic nitrogens is 3. The third-order valence-electron chi connectivity index (χ3n) is 4.21. The lowest BCUT2D eigenvalue weighted by Gasteiger charge is -2.22. The van der Waals surface area contributed by atoms with Crippen LogP contribution in [0, 0.1) is 16.1 Å². The molecule has 0 saturated heterocycles. The summed E-state index contributed by atoms with van der Waals surface area (Å²) in [6.45, 7) is 1.10. The number of imidazole rings is 1. The second kappa shape index (κ2) is 7.12. The van der Waals surface area contributed by atoms with E-state index in [1.807, 2.05) is 24.3 Å². The van der Waals surface area contributed by atoms with Crippen molar-refractivity contribution >= 4 is 5.82 Å². The van der Waals surface area contributed by atoms with Crippen LogP contribution in [-0.2, 0) is 17.9 Å². The minimum atomic E-state index is -0.553. The standard InChI is InChI=1S/C18H15FN4O4/c19-16-6-5-14(7-20-16)13-3-1-12(2-4-13)10-26-15-8-22-9-17(23(24)25)21-18(22)27-11-15/h1-7,9,15H,8,10-11H2/t15-/m0/s1. The lowest BCUT2D eigenvalue weighted by atomic mass is 10.1. The van der Waals surface area contributed by atoms with Gasteiger partial charge in [-0.1, -0.05) is 24.3 Å². The SMILES string of the molecule is O=[N+]([O-])c1cn2c(n1)OC[C@@H](OCc1ccc(-c3ccc(F)nc3)cc1)C2. The highest BCUT2D eigenvalue weighted by Crippen LogP contribution is 2.23. The molecule has 0 radical (unpaired) electrons. The van der Waals surface area contributed by atoms with E-state index >= 15 is 0 Å². The third kappa shape index (κ3) is 3.77. The van der Waals surface area contributed by atoms with Gasteiger partial charge in [0, 0.05) is 16.7 Å². The molecule has 0 N–H and O–H groups in total. The van der Waals surface area contributed by atoms with Crippen LogP contribution in [0.2, 0.25) is 0 Å². The number of benzene rings is 1. The fourth-order valence-corrected chi connectivity index (χ4v) is 2.81. The molecule has 2 aromatic heterocycles. The van der Waals surface area contributed by atoms with Gasteiger partial charge < -0.3 is 19.6 Å². The highest BCUT2D eigenvalue weighted by atomic mass is 19.1. The van der Waals surface area contributed by atoms with Gasteiger partial charge in [-0.25, -0.2) is 4.98 Å². The minimum absolute atomic E-state index is 0.229. The monoisotopic (exact) mass is 370 g/mol. The Labute approximate surface area is 153 Å². The molecule has 1 aliphatic rings. The summed E-state index contributed by atoms with van der Waals surface area (Å²) in [7, 11) is 0. The molecule has 0 unspecified atom stereocenters. The number of halogens is 1. The first-order valence-corrected chi connectivity index (χ1v) is 8.25. The quantitative estimate of drug-likeness (QED) is 0.389. The van der Waals surface area contributed by atoms with E-state index < -0.39 is 10.9 Å². The van der Waals surface area contributed by atoms with E-state index in [9.17, 15) is 14.5 Å². The number of hydrogen-bond donors (Lipinski definition) is 0. The molecule has 0 spiro atoms. The molecule has 0 bridgehead atoms. The number of pyridine rings is 1. The average molecular weight is 370 g/mol. The first-order chi connectivity index (χ1) is 13.1. The molecule has 3 aromatic rings. The van der Waals surface area contributed by atoms with Crippen molar-refractivity contribution in [3.05, 3.63) is 70.4 Å². The van der Waals surface area contributed by atoms with Crippen LogP contribution in [0.4, 0.5) is 10.2 Å². The van der Waals surface area contributed by atoms with Crippen molar-refractivity contribution in [2.24, 2.45) is 0 Å². The smallest absolute Gasteiger partial charge is 0.414 e. The lowest BCUT2D eigenvalue weighted by Crippen LogP contribution is -2.32. The zero-order chi connectivity index (χ0) is 18.8. The second-order valence-corrected chi connectivity index (χ2v) is 6.10. The Bertz CT molecular complexity index is 956. The van der Waals surface area contributed by atoms with Crippen LogP contribution >= 0.6 is 0 Å². The topological polar surface area (TPSA) is 92.3 Å². The van der Waals surface area contributed by atoms with Gasteiger partial charge in [-0.05, 0) is 28.2 Å². The fourth-order valence-electron chi connectivity index (χ4n) is 2.81. The van der Waals surface area contributed by atoms with E-state index in [0.717, 1.165) is 16.7 Å². The van der Waals surface area contributed by atoms with Gasteiger partial charge in [0.15, 0.2) is 0 Å². The van der Waals surface area contributed by atoms with Gasteiger partial charge in [0.05, 0.1) is 13.2 Å². The van der Waals surface area contributed by atoms with Gasteiger partial charge in [-0.3, -0.25) is 4.57 Å². The maximum Gasteiger partial charge on any atom is 0.414 e. The van der Waals surface area contributed by atoms with E-state index in [-0.39, 0.29) is 24.5 Å². The molecule has 27 heavy (non-hydrogen) atoms. The van der Waals surface area contributed by atoms with E-state index in [1.165, 1.54) is 18.5 Å². The summed E-state index contributed by atoms with van der Waals surface area (Å²) in [6, 6.07) is 10.9. The summed E-state index contributed by atoms with van der Waals surface area (Å²) in [5, 5.41) is 10.8. The van der Waals surface area contributed by atoms with Crippen molar-refractivity contribution in [3.8, 4) is 17.1 Å². The largest absolute Gasteiger partial charge is 0.443 e. The molecule has 0 saturated carbocycles. The molecule has 0 amide bonds. The molecule has 1 aromatic carbocycles. The normalized spacial score (nSPS) is 15.8. The van der Waals surface area contributed by atoms with Crippen molar-refractivity contribution in [3.63, 3.8) is 0 Å². The Hall–Kier alpha value is -3.33. The van der Waals surface area contributed by atoms with Crippen molar-refractivity contribution < 1.29 is 18.8 Å². The number of fused-ring (bicyclic) bond motifs is 1. The predicted molar refractivity (Wildman–Crippen MR) is 92.6 cm³/mol. The predicted octanol–water partition coefficient (Wildman–Crippen LogP) is 2.97. The zero-order valence-corrected chi connectivity index (χ0v) is 14.1. The molecule has 9 heteroatoms. The molecule has 138 valence electrons. The third-order valence-corrected chi connectivity index (χ3v) is 4.21. The van der Waals surface area contributed by atoms with Crippen LogP contribution in [0.5, 0.6) is 6.01 Å². The lowest BCUT2D eigenvalue weighted by molar-refractivity contribution is -0.389. The average Bonchev–Trinajstić information content (AvgIpc) is 3.11. The summed E-state index contributed by atoms with van der Waals surface area (Å²) in [4.78, 5) is 17.7. The van der Waals surface area contributed by atoms with Gasteiger partial charge in [-0.15, -0.1) is 0 Å². The minimum Gasteiger partial charge on any atom is -0.443 e. The number of rotatable bonds is 5.